The Labute approximate surface area is 70.5 Å². The van der Waals surface area contributed by atoms with Gasteiger partial charge in [0.15, 0.2) is 0 Å². The molecule has 2 rings (SSSR count). The van der Waals surface area contributed by atoms with Crippen LogP contribution >= 0.6 is 0 Å². The topological polar surface area (TPSA) is 46.6 Å². The third-order valence-electron chi connectivity index (χ3n) is 2.28. The fraction of sp³-hybridized carbons (Fsp3) is 0.750. The van der Waals surface area contributed by atoms with Gasteiger partial charge in [0.2, 0.25) is 11.8 Å². The number of ether oxygens (including phenoxy) is 1. The molecule has 0 N–H and O–H groups in total. The number of hydrogen-bond acceptors (Lipinski definition) is 3. The van der Waals surface area contributed by atoms with Gasteiger partial charge in [0.25, 0.3) is 0 Å². The summed E-state index contributed by atoms with van der Waals surface area (Å²) in [5.74, 6) is -0.154. The predicted molar refractivity (Wildman–Crippen MR) is 40.1 cm³/mol. The molecule has 0 aromatic rings. The average molecular weight is 169 g/mol. The molecular weight excluding hydrogens is 158 g/mol. The first kappa shape index (κ1) is 7.73. The molecule has 4 nitrogen and oxygen atoms in total. The third kappa shape index (κ3) is 1.12. The maximum Gasteiger partial charge on any atom is 0.231 e. The number of nitrogens with zero attached hydrogens (tertiary/aromatic N) is 1. The van der Waals surface area contributed by atoms with Crippen LogP contribution in [0.25, 0.3) is 0 Å². The molecule has 1 atom stereocenters. The Kier molecular flexibility index (Phi) is 1.84. The minimum absolute atomic E-state index is 0.0769. The average Bonchev–Trinajstić information content (AvgIpc) is 2.61. The van der Waals surface area contributed by atoms with Crippen molar-refractivity contribution in [2.45, 2.75) is 31.9 Å². The van der Waals surface area contributed by atoms with E-state index in [4.69, 9.17) is 4.74 Å². The molecule has 2 heterocycles. The molecule has 0 bridgehead atoms. The van der Waals surface area contributed by atoms with Crippen molar-refractivity contribution in [3.63, 3.8) is 0 Å². The fourth-order valence-corrected chi connectivity index (χ4v) is 1.68. The van der Waals surface area contributed by atoms with Crippen molar-refractivity contribution < 1.29 is 14.3 Å². The van der Waals surface area contributed by atoms with Gasteiger partial charge in [-0.2, -0.15) is 0 Å². The molecule has 0 spiro atoms. The molecule has 0 unspecified atom stereocenters. The van der Waals surface area contributed by atoms with Crippen LogP contribution in [0.3, 0.4) is 0 Å². The molecule has 0 aromatic carbocycles. The predicted octanol–water partition coefficient (Wildman–Crippen LogP) is 0.272. The van der Waals surface area contributed by atoms with Crippen LogP contribution in [0, 0.1) is 0 Å². The number of hydrogen-bond donors (Lipinski definition) is 0. The molecule has 0 aliphatic carbocycles. The van der Waals surface area contributed by atoms with E-state index in [9.17, 15) is 9.59 Å². The zero-order valence-corrected chi connectivity index (χ0v) is 6.78. The van der Waals surface area contributed by atoms with Gasteiger partial charge in [0.05, 0.1) is 0 Å². The largest absolute Gasteiger partial charge is 0.358 e. The van der Waals surface area contributed by atoms with Crippen molar-refractivity contribution >= 4 is 11.8 Å². The molecule has 0 radical (unpaired) electrons. The van der Waals surface area contributed by atoms with E-state index in [1.54, 1.807) is 0 Å². The van der Waals surface area contributed by atoms with Gasteiger partial charge in [0.1, 0.15) is 6.23 Å². The van der Waals surface area contributed by atoms with Crippen LogP contribution in [0.2, 0.25) is 0 Å². The van der Waals surface area contributed by atoms with Crippen LogP contribution in [0.1, 0.15) is 25.7 Å². The molecule has 0 saturated carbocycles. The van der Waals surface area contributed by atoms with E-state index in [0.29, 0.717) is 19.4 Å². The van der Waals surface area contributed by atoms with Crippen molar-refractivity contribution in [2.24, 2.45) is 0 Å². The maximum absolute atomic E-state index is 11.2. The van der Waals surface area contributed by atoms with E-state index < -0.39 is 0 Å². The zero-order valence-electron chi connectivity index (χ0n) is 6.78. The number of imide groups is 1. The van der Waals surface area contributed by atoms with Crippen molar-refractivity contribution in [3.05, 3.63) is 0 Å². The summed E-state index contributed by atoms with van der Waals surface area (Å²) in [7, 11) is 0. The molecule has 12 heavy (non-hydrogen) atoms. The second-order valence-electron chi connectivity index (χ2n) is 3.13. The first-order valence-corrected chi connectivity index (χ1v) is 4.25. The summed E-state index contributed by atoms with van der Waals surface area (Å²) in [5.41, 5.74) is 0. The van der Waals surface area contributed by atoms with Crippen LogP contribution in [0.15, 0.2) is 0 Å². The second kappa shape index (κ2) is 2.86. The molecule has 2 amide bonds. The Morgan fingerprint density at radius 1 is 1.25 bits per heavy atom. The highest BCUT2D eigenvalue weighted by Crippen LogP contribution is 2.22. The lowest BCUT2D eigenvalue weighted by Crippen LogP contribution is -2.38. The number of carbonyl (C=O) groups is 2. The SMILES string of the molecule is O=C1CCC(=O)N1[C@@H]1CCCO1. The molecular formula is C8H11NO3. The molecule has 2 aliphatic rings. The summed E-state index contributed by atoms with van der Waals surface area (Å²) in [6.45, 7) is 0.668. The van der Waals surface area contributed by atoms with E-state index in [1.807, 2.05) is 0 Å². The summed E-state index contributed by atoms with van der Waals surface area (Å²) >= 11 is 0. The molecule has 0 aromatic heterocycles. The van der Waals surface area contributed by atoms with Crippen molar-refractivity contribution in [3.8, 4) is 0 Å². The highest BCUT2D eigenvalue weighted by atomic mass is 16.5. The minimum atomic E-state index is -0.257. The van der Waals surface area contributed by atoms with E-state index in [1.165, 1.54) is 4.90 Å². The van der Waals surface area contributed by atoms with Crippen molar-refractivity contribution in [1.82, 2.24) is 4.90 Å². The Balaban J connectivity index is 2.09. The second-order valence-corrected chi connectivity index (χ2v) is 3.13. The summed E-state index contributed by atoms with van der Waals surface area (Å²) in [6, 6.07) is 0. The Hall–Kier alpha value is -0.900. The fourth-order valence-electron chi connectivity index (χ4n) is 1.68. The lowest BCUT2D eigenvalue weighted by Gasteiger charge is -2.20. The zero-order chi connectivity index (χ0) is 8.55. The lowest BCUT2D eigenvalue weighted by atomic mass is 10.3. The quantitative estimate of drug-likeness (QED) is 0.529. The monoisotopic (exact) mass is 169 g/mol. The van der Waals surface area contributed by atoms with Crippen molar-refractivity contribution in [1.29, 1.82) is 0 Å². The van der Waals surface area contributed by atoms with E-state index in [2.05, 4.69) is 0 Å². The van der Waals surface area contributed by atoms with Crippen molar-refractivity contribution in [2.75, 3.05) is 6.61 Å². The Morgan fingerprint density at radius 2 is 1.92 bits per heavy atom. The smallest absolute Gasteiger partial charge is 0.231 e. The van der Waals surface area contributed by atoms with Gasteiger partial charge in [-0.1, -0.05) is 0 Å². The van der Waals surface area contributed by atoms with Gasteiger partial charge < -0.3 is 4.74 Å². The Morgan fingerprint density at radius 3 is 2.42 bits per heavy atom. The first-order valence-electron chi connectivity index (χ1n) is 4.25. The maximum atomic E-state index is 11.2. The van der Waals surface area contributed by atoms with Gasteiger partial charge in [-0.15, -0.1) is 0 Å². The van der Waals surface area contributed by atoms with E-state index >= 15 is 0 Å². The normalized spacial score (nSPS) is 30.3. The molecule has 4 heteroatoms. The van der Waals surface area contributed by atoms with Crippen LogP contribution < -0.4 is 0 Å². The van der Waals surface area contributed by atoms with Gasteiger partial charge in [-0.25, -0.2) is 0 Å². The van der Waals surface area contributed by atoms with Crippen LogP contribution in [0.4, 0.5) is 0 Å². The van der Waals surface area contributed by atoms with Gasteiger partial charge in [-0.05, 0) is 12.8 Å². The third-order valence-corrected chi connectivity index (χ3v) is 2.28. The van der Waals surface area contributed by atoms with Gasteiger partial charge in [0, 0.05) is 19.4 Å². The highest BCUT2D eigenvalue weighted by molar-refractivity contribution is 6.02. The number of rotatable bonds is 1. The van der Waals surface area contributed by atoms with E-state index in [-0.39, 0.29) is 18.0 Å². The summed E-state index contributed by atoms with van der Waals surface area (Å²) in [4.78, 5) is 23.7. The number of carbonyl (C=O) groups excluding carboxylic acids is 2. The van der Waals surface area contributed by atoms with Crippen LogP contribution in [0.5, 0.6) is 0 Å². The lowest BCUT2D eigenvalue weighted by molar-refractivity contribution is -0.150. The van der Waals surface area contributed by atoms with Crippen LogP contribution in [-0.2, 0) is 14.3 Å². The number of amides is 2. The molecule has 66 valence electrons. The molecule has 2 aliphatic heterocycles. The minimum Gasteiger partial charge on any atom is -0.358 e. The summed E-state index contributed by atoms with van der Waals surface area (Å²) < 4.78 is 5.26. The highest BCUT2D eigenvalue weighted by Gasteiger charge is 2.36. The summed E-state index contributed by atoms with van der Waals surface area (Å²) in [5, 5.41) is 0. The molecule has 2 saturated heterocycles. The standard InChI is InChI=1S/C8H11NO3/c10-6-3-4-7(11)9(6)8-2-1-5-12-8/h8H,1-5H2/t8-/m0/s1. The first-order chi connectivity index (χ1) is 5.79. The van der Waals surface area contributed by atoms with Gasteiger partial charge in [-0.3, -0.25) is 14.5 Å². The summed E-state index contributed by atoms with van der Waals surface area (Å²) in [6.07, 6.45) is 2.21. The Bertz CT molecular complexity index is 204. The van der Waals surface area contributed by atoms with E-state index in [0.717, 1.165) is 12.8 Å². The van der Waals surface area contributed by atoms with Gasteiger partial charge >= 0.3 is 0 Å². The number of likely N-dealkylation sites (tertiary alicyclic amines) is 1. The van der Waals surface area contributed by atoms with Crippen LogP contribution in [-0.4, -0.2) is 29.5 Å². The molecule has 2 fully saturated rings.